The summed E-state index contributed by atoms with van der Waals surface area (Å²) in [5, 5.41) is 3.58. The van der Waals surface area contributed by atoms with Crippen LogP contribution in [0.2, 0.25) is 0 Å². The van der Waals surface area contributed by atoms with E-state index in [9.17, 15) is 0 Å². The predicted molar refractivity (Wildman–Crippen MR) is 66.2 cm³/mol. The molecule has 1 fully saturated rings. The van der Waals surface area contributed by atoms with Gasteiger partial charge in [-0.05, 0) is 31.9 Å². The molecule has 3 nitrogen and oxygen atoms in total. The van der Waals surface area contributed by atoms with E-state index < -0.39 is 0 Å². The first-order chi connectivity index (χ1) is 7.66. The average molecular weight is 219 g/mol. The molecule has 0 aliphatic carbocycles. The maximum Gasteiger partial charge on any atom is 0.0312 e. The molecule has 1 aromatic rings. The number of hydrogen-bond acceptors (Lipinski definition) is 3. The lowest BCUT2D eigenvalue weighted by Gasteiger charge is -2.23. The van der Waals surface area contributed by atoms with Crippen molar-refractivity contribution in [1.29, 1.82) is 0 Å². The van der Waals surface area contributed by atoms with Gasteiger partial charge in [-0.3, -0.25) is 9.88 Å². The minimum absolute atomic E-state index is 0.281. The molecule has 0 atom stereocenters. The Morgan fingerprint density at radius 1 is 1.44 bits per heavy atom. The Morgan fingerprint density at radius 2 is 2.31 bits per heavy atom. The number of pyridine rings is 1. The molecule has 0 radical (unpaired) electrons. The summed E-state index contributed by atoms with van der Waals surface area (Å²) in [6.45, 7) is 8.94. The third-order valence-electron chi connectivity index (χ3n) is 3.21. The van der Waals surface area contributed by atoms with E-state index >= 15 is 0 Å². The highest BCUT2D eigenvalue weighted by Gasteiger charge is 2.21. The van der Waals surface area contributed by atoms with Crippen molar-refractivity contribution in [2.24, 2.45) is 0 Å². The number of aromatic nitrogens is 1. The normalized spacial score (nSPS) is 21.6. The summed E-state index contributed by atoms with van der Waals surface area (Å²) in [7, 11) is 0. The maximum absolute atomic E-state index is 4.16. The molecule has 1 saturated heterocycles. The molecule has 0 amide bonds. The van der Waals surface area contributed by atoms with Gasteiger partial charge < -0.3 is 5.32 Å². The van der Waals surface area contributed by atoms with Crippen molar-refractivity contribution in [3.8, 4) is 0 Å². The monoisotopic (exact) mass is 219 g/mol. The summed E-state index contributed by atoms with van der Waals surface area (Å²) in [6, 6.07) is 4.16. The summed E-state index contributed by atoms with van der Waals surface area (Å²) in [5.41, 5.74) is 1.59. The van der Waals surface area contributed by atoms with Gasteiger partial charge in [-0.25, -0.2) is 0 Å². The summed E-state index contributed by atoms with van der Waals surface area (Å²) >= 11 is 0. The molecule has 1 aliphatic heterocycles. The molecule has 1 N–H and O–H groups in total. The Hall–Kier alpha value is -0.930. The molecule has 3 heteroatoms. The third-order valence-corrected chi connectivity index (χ3v) is 3.21. The van der Waals surface area contributed by atoms with E-state index in [1.807, 2.05) is 18.5 Å². The van der Waals surface area contributed by atoms with Crippen molar-refractivity contribution in [2.45, 2.75) is 32.4 Å². The second kappa shape index (κ2) is 4.93. The van der Waals surface area contributed by atoms with E-state index in [0.29, 0.717) is 0 Å². The van der Waals surface area contributed by atoms with Crippen LogP contribution in [0.4, 0.5) is 0 Å². The zero-order valence-corrected chi connectivity index (χ0v) is 10.2. The Balaban J connectivity index is 1.92. The van der Waals surface area contributed by atoms with Crippen molar-refractivity contribution < 1.29 is 0 Å². The zero-order valence-electron chi connectivity index (χ0n) is 10.2. The van der Waals surface area contributed by atoms with Gasteiger partial charge in [0.25, 0.3) is 0 Å². The van der Waals surface area contributed by atoms with Crippen LogP contribution >= 0.6 is 0 Å². The van der Waals surface area contributed by atoms with Crippen molar-refractivity contribution in [1.82, 2.24) is 15.2 Å². The number of nitrogens with zero attached hydrogens (tertiary/aromatic N) is 2. The number of hydrogen-bond donors (Lipinski definition) is 1. The van der Waals surface area contributed by atoms with Crippen LogP contribution in [-0.2, 0) is 6.54 Å². The fourth-order valence-corrected chi connectivity index (χ4v) is 2.10. The maximum atomic E-state index is 4.16. The van der Waals surface area contributed by atoms with Gasteiger partial charge in [0.15, 0.2) is 0 Å². The van der Waals surface area contributed by atoms with Crippen LogP contribution in [0.25, 0.3) is 0 Å². The largest absolute Gasteiger partial charge is 0.310 e. The second-order valence-corrected chi connectivity index (χ2v) is 5.20. The van der Waals surface area contributed by atoms with Gasteiger partial charge in [0, 0.05) is 44.1 Å². The fraction of sp³-hybridized carbons (Fsp3) is 0.615. The summed E-state index contributed by atoms with van der Waals surface area (Å²) in [6.07, 6.45) is 4.99. The third kappa shape index (κ3) is 3.29. The standard InChI is InChI=1S/C13H21N3/c1-13(2)5-8-16(9-7-15-13)11-12-4-3-6-14-10-12/h3-4,6,10,15H,5,7-9,11H2,1-2H3. The van der Waals surface area contributed by atoms with E-state index in [1.165, 1.54) is 12.0 Å². The lowest BCUT2D eigenvalue weighted by Crippen LogP contribution is -2.39. The minimum Gasteiger partial charge on any atom is -0.310 e. The highest BCUT2D eigenvalue weighted by Crippen LogP contribution is 2.14. The average Bonchev–Trinajstić information content (AvgIpc) is 2.42. The van der Waals surface area contributed by atoms with Gasteiger partial charge >= 0.3 is 0 Å². The smallest absolute Gasteiger partial charge is 0.0312 e. The van der Waals surface area contributed by atoms with Crippen LogP contribution in [0.3, 0.4) is 0 Å². The second-order valence-electron chi connectivity index (χ2n) is 5.20. The van der Waals surface area contributed by atoms with Gasteiger partial charge in [0.1, 0.15) is 0 Å². The Bertz CT molecular complexity index is 321. The van der Waals surface area contributed by atoms with Crippen molar-refractivity contribution in [2.75, 3.05) is 19.6 Å². The van der Waals surface area contributed by atoms with Gasteiger partial charge in [0.2, 0.25) is 0 Å². The van der Waals surface area contributed by atoms with Crippen LogP contribution < -0.4 is 5.32 Å². The van der Waals surface area contributed by atoms with Gasteiger partial charge in [-0.2, -0.15) is 0 Å². The Kier molecular flexibility index (Phi) is 3.56. The number of nitrogens with one attached hydrogen (secondary N) is 1. The molecule has 0 saturated carbocycles. The molecular formula is C13H21N3. The molecule has 1 aliphatic rings. The molecule has 2 heterocycles. The highest BCUT2D eigenvalue weighted by molar-refractivity contribution is 5.08. The van der Waals surface area contributed by atoms with Crippen LogP contribution in [-0.4, -0.2) is 35.1 Å². The Morgan fingerprint density at radius 3 is 3.06 bits per heavy atom. The molecule has 0 aromatic carbocycles. The first-order valence-corrected chi connectivity index (χ1v) is 6.02. The van der Waals surface area contributed by atoms with Crippen molar-refractivity contribution in [3.63, 3.8) is 0 Å². The van der Waals surface area contributed by atoms with Crippen molar-refractivity contribution in [3.05, 3.63) is 30.1 Å². The molecular weight excluding hydrogens is 198 g/mol. The zero-order chi connectivity index (χ0) is 11.4. The van der Waals surface area contributed by atoms with Gasteiger partial charge in [-0.1, -0.05) is 6.07 Å². The van der Waals surface area contributed by atoms with Gasteiger partial charge in [-0.15, -0.1) is 0 Å². The fourth-order valence-electron chi connectivity index (χ4n) is 2.10. The van der Waals surface area contributed by atoms with E-state index in [-0.39, 0.29) is 5.54 Å². The van der Waals surface area contributed by atoms with Crippen LogP contribution in [0.1, 0.15) is 25.8 Å². The lowest BCUT2D eigenvalue weighted by molar-refractivity contribution is 0.275. The topological polar surface area (TPSA) is 28.2 Å². The molecule has 0 bridgehead atoms. The quantitative estimate of drug-likeness (QED) is 0.820. The van der Waals surface area contributed by atoms with Gasteiger partial charge in [0.05, 0.1) is 0 Å². The van der Waals surface area contributed by atoms with E-state index in [4.69, 9.17) is 0 Å². The van der Waals surface area contributed by atoms with E-state index in [1.54, 1.807) is 0 Å². The molecule has 0 unspecified atom stereocenters. The molecule has 88 valence electrons. The summed E-state index contributed by atoms with van der Waals surface area (Å²) < 4.78 is 0. The summed E-state index contributed by atoms with van der Waals surface area (Å²) in [5.74, 6) is 0. The molecule has 2 rings (SSSR count). The van der Waals surface area contributed by atoms with Crippen LogP contribution in [0, 0.1) is 0 Å². The predicted octanol–water partition coefficient (Wildman–Crippen LogP) is 1.66. The van der Waals surface area contributed by atoms with Crippen LogP contribution in [0.5, 0.6) is 0 Å². The van der Waals surface area contributed by atoms with Crippen LogP contribution in [0.15, 0.2) is 24.5 Å². The number of rotatable bonds is 2. The molecule has 16 heavy (non-hydrogen) atoms. The highest BCUT2D eigenvalue weighted by atomic mass is 15.2. The molecule has 0 spiro atoms. The van der Waals surface area contributed by atoms with E-state index in [0.717, 1.165) is 26.2 Å². The van der Waals surface area contributed by atoms with Crippen molar-refractivity contribution >= 4 is 0 Å². The first-order valence-electron chi connectivity index (χ1n) is 6.02. The summed E-state index contributed by atoms with van der Waals surface area (Å²) in [4.78, 5) is 6.66. The SMILES string of the molecule is CC1(C)CCN(Cc2cccnc2)CCN1. The Labute approximate surface area is 97.9 Å². The minimum atomic E-state index is 0.281. The van der Waals surface area contributed by atoms with E-state index in [2.05, 4.69) is 35.1 Å². The lowest BCUT2D eigenvalue weighted by atomic mass is 10.0. The first kappa shape index (κ1) is 11.6. The molecule has 1 aromatic heterocycles.